The standard InChI is InChI=1S/C41H67O8P/c1-4-6-8-10-12-14-16-18-20-22-23-25-27-29-31-33-35-40(42)47-37-39(38-48-50(44,45)46-3)49-41(43)36-34-32-30-28-26-24-21-19-17-15-13-11-9-7-5-2/h7,9,13-16,19-22,26,28,32,34,39H,4-6,8,10-12,17-18,23-25,27,29-31,33,35-38H2,1-3H3,(H,44,45)/b9-7-,15-13-,16-14-,21-19-,22-20-,28-26-,34-32-. The molecular formula is C41H67O8P. The van der Waals surface area contributed by atoms with Crippen LogP contribution in [0.4, 0.5) is 0 Å². The Hall–Kier alpha value is -2.77. The molecule has 0 bridgehead atoms. The van der Waals surface area contributed by atoms with Crippen molar-refractivity contribution in [2.75, 3.05) is 20.3 Å². The van der Waals surface area contributed by atoms with E-state index >= 15 is 0 Å². The Balaban J connectivity index is 4.25. The van der Waals surface area contributed by atoms with Crippen LogP contribution in [0.1, 0.15) is 136 Å². The summed E-state index contributed by atoms with van der Waals surface area (Å²) in [5, 5.41) is 0. The molecule has 0 heterocycles. The Kier molecular flexibility index (Phi) is 34.0. The molecule has 284 valence electrons. The van der Waals surface area contributed by atoms with Gasteiger partial charge in [0.1, 0.15) is 6.61 Å². The Morgan fingerprint density at radius 3 is 1.62 bits per heavy atom. The van der Waals surface area contributed by atoms with Crippen molar-refractivity contribution in [1.82, 2.24) is 0 Å². The number of esters is 2. The molecule has 9 heteroatoms. The second-order valence-electron chi connectivity index (χ2n) is 12.0. The Labute approximate surface area is 304 Å². The van der Waals surface area contributed by atoms with Crippen molar-refractivity contribution in [3.8, 4) is 0 Å². The van der Waals surface area contributed by atoms with Crippen molar-refractivity contribution in [2.45, 2.75) is 142 Å². The van der Waals surface area contributed by atoms with Gasteiger partial charge in [-0.25, -0.2) is 4.57 Å². The maximum atomic E-state index is 12.4. The van der Waals surface area contributed by atoms with Crippen molar-refractivity contribution in [2.24, 2.45) is 0 Å². The Bertz CT molecular complexity index is 1090. The quantitative estimate of drug-likeness (QED) is 0.0309. The highest BCUT2D eigenvalue weighted by Gasteiger charge is 2.24. The molecule has 0 aliphatic rings. The number of phosphoric acid groups is 1. The average molecular weight is 719 g/mol. The SMILES string of the molecule is CC/C=C\C/C=C\C/C=C\C/C=C\C/C=C\CC(=O)OC(COC(=O)CCCCCCC/C=C\C/C=C\CCCCCC)COP(=O)(O)OC. The minimum atomic E-state index is -4.29. The smallest absolute Gasteiger partial charge is 0.462 e. The fraction of sp³-hybridized carbons (Fsp3) is 0.610. The summed E-state index contributed by atoms with van der Waals surface area (Å²) in [4.78, 5) is 34.3. The number of hydrogen-bond donors (Lipinski definition) is 1. The van der Waals surface area contributed by atoms with Crippen molar-refractivity contribution < 1.29 is 37.6 Å². The largest absolute Gasteiger partial charge is 0.472 e. The second-order valence-corrected chi connectivity index (χ2v) is 13.5. The van der Waals surface area contributed by atoms with Gasteiger partial charge in [0.15, 0.2) is 6.10 Å². The van der Waals surface area contributed by atoms with Gasteiger partial charge >= 0.3 is 19.8 Å². The predicted molar refractivity (Wildman–Crippen MR) is 207 cm³/mol. The molecule has 2 atom stereocenters. The summed E-state index contributed by atoms with van der Waals surface area (Å²) in [6.45, 7) is 3.63. The lowest BCUT2D eigenvalue weighted by molar-refractivity contribution is -0.160. The molecule has 2 unspecified atom stereocenters. The molecular weight excluding hydrogens is 651 g/mol. The van der Waals surface area contributed by atoms with Gasteiger partial charge in [-0.2, -0.15) is 0 Å². The number of hydrogen-bond acceptors (Lipinski definition) is 7. The molecule has 50 heavy (non-hydrogen) atoms. The van der Waals surface area contributed by atoms with Gasteiger partial charge in [-0.3, -0.25) is 18.6 Å². The lowest BCUT2D eigenvalue weighted by Crippen LogP contribution is -2.29. The molecule has 0 aliphatic carbocycles. The van der Waals surface area contributed by atoms with Crippen LogP contribution in [0, 0.1) is 0 Å². The van der Waals surface area contributed by atoms with E-state index in [0.717, 1.165) is 71.3 Å². The fourth-order valence-corrected chi connectivity index (χ4v) is 4.99. The van der Waals surface area contributed by atoms with Crippen LogP contribution in [-0.2, 0) is 32.7 Å². The predicted octanol–water partition coefficient (Wildman–Crippen LogP) is 11.5. The van der Waals surface area contributed by atoms with Crippen LogP contribution in [0.15, 0.2) is 85.1 Å². The number of unbranched alkanes of at least 4 members (excludes halogenated alkanes) is 9. The summed E-state index contributed by atoms with van der Waals surface area (Å²) in [7, 11) is -3.25. The number of ether oxygens (including phenoxy) is 2. The van der Waals surface area contributed by atoms with Gasteiger partial charge in [0.2, 0.25) is 0 Å². The molecule has 0 saturated heterocycles. The Morgan fingerprint density at radius 1 is 0.600 bits per heavy atom. The molecule has 8 nitrogen and oxygen atoms in total. The number of phosphoric ester groups is 1. The summed E-state index contributed by atoms with van der Waals surface area (Å²) in [6.07, 6.45) is 46.6. The van der Waals surface area contributed by atoms with E-state index in [-0.39, 0.29) is 19.4 Å². The molecule has 0 radical (unpaired) electrons. The Morgan fingerprint density at radius 2 is 1.08 bits per heavy atom. The summed E-state index contributed by atoms with van der Waals surface area (Å²) in [5.41, 5.74) is 0. The minimum absolute atomic E-state index is 0.00503. The maximum absolute atomic E-state index is 12.4. The van der Waals surface area contributed by atoms with E-state index in [9.17, 15) is 19.0 Å². The number of carbonyl (C=O) groups is 2. The lowest BCUT2D eigenvalue weighted by Gasteiger charge is -2.19. The minimum Gasteiger partial charge on any atom is -0.462 e. The van der Waals surface area contributed by atoms with E-state index in [0.29, 0.717) is 12.8 Å². The van der Waals surface area contributed by atoms with Crippen molar-refractivity contribution in [1.29, 1.82) is 0 Å². The van der Waals surface area contributed by atoms with Crippen LogP contribution in [-0.4, -0.2) is 43.3 Å². The molecule has 0 rings (SSSR count). The maximum Gasteiger partial charge on any atom is 0.472 e. The van der Waals surface area contributed by atoms with Gasteiger partial charge in [-0.15, -0.1) is 0 Å². The zero-order chi connectivity index (χ0) is 36.8. The van der Waals surface area contributed by atoms with Crippen LogP contribution < -0.4 is 0 Å². The van der Waals surface area contributed by atoms with Gasteiger partial charge in [-0.1, -0.05) is 137 Å². The summed E-state index contributed by atoms with van der Waals surface area (Å²) in [5.74, 6) is -0.977. The van der Waals surface area contributed by atoms with E-state index in [1.165, 1.54) is 32.1 Å². The summed E-state index contributed by atoms with van der Waals surface area (Å²) in [6, 6.07) is 0. The highest BCUT2D eigenvalue weighted by Crippen LogP contribution is 2.42. The summed E-state index contributed by atoms with van der Waals surface area (Å²) >= 11 is 0. The monoisotopic (exact) mass is 718 g/mol. The van der Waals surface area contributed by atoms with E-state index in [4.69, 9.17) is 14.0 Å². The highest BCUT2D eigenvalue weighted by atomic mass is 31.2. The molecule has 0 fully saturated rings. The van der Waals surface area contributed by atoms with Crippen LogP contribution in [0.3, 0.4) is 0 Å². The van der Waals surface area contributed by atoms with Gasteiger partial charge in [-0.05, 0) is 70.6 Å². The molecule has 0 aromatic rings. The van der Waals surface area contributed by atoms with E-state index in [1.807, 2.05) is 12.2 Å². The number of rotatable bonds is 33. The molecule has 1 N–H and O–H groups in total. The fourth-order valence-electron chi connectivity index (χ4n) is 4.53. The van der Waals surface area contributed by atoms with Gasteiger partial charge in [0, 0.05) is 13.5 Å². The van der Waals surface area contributed by atoms with E-state index in [2.05, 4.69) is 85.2 Å². The zero-order valence-corrected chi connectivity index (χ0v) is 32.2. The van der Waals surface area contributed by atoms with Crippen molar-refractivity contribution in [3.63, 3.8) is 0 Å². The second kappa shape index (κ2) is 36.0. The van der Waals surface area contributed by atoms with Crippen molar-refractivity contribution in [3.05, 3.63) is 85.1 Å². The molecule has 0 spiro atoms. The first-order chi connectivity index (χ1) is 24.3. The average Bonchev–Trinajstić information content (AvgIpc) is 3.10. The zero-order valence-electron chi connectivity index (χ0n) is 31.3. The number of allylic oxidation sites excluding steroid dienone is 13. The third-order valence-corrected chi connectivity index (χ3v) is 8.34. The number of carbonyl (C=O) groups excluding carboxylic acids is 2. The van der Waals surface area contributed by atoms with Crippen molar-refractivity contribution >= 4 is 19.8 Å². The van der Waals surface area contributed by atoms with Crippen LogP contribution >= 0.6 is 7.82 Å². The van der Waals surface area contributed by atoms with Gasteiger partial charge in [0.05, 0.1) is 13.0 Å². The van der Waals surface area contributed by atoms with Crippen LogP contribution in [0.25, 0.3) is 0 Å². The topological polar surface area (TPSA) is 108 Å². The summed E-state index contributed by atoms with van der Waals surface area (Å²) < 4.78 is 31.7. The van der Waals surface area contributed by atoms with E-state index < -0.39 is 32.5 Å². The molecule has 0 saturated carbocycles. The molecule has 0 aromatic heterocycles. The first-order valence-electron chi connectivity index (χ1n) is 18.8. The molecule has 0 aromatic carbocycles. The third-order valence-electron chi connectivity index (χ3n) is 7.41. The first kappa shape index (κ1) is 47.2. The van der Waals surface area contributed by atoms with Crippen LogP contribution in [0.2, 0.25) is 0 Å². The highest BCUT2D eigenvalue weighted by molar-refractivity contribution is 7.47. The van der Waals surface area contributed by atoms with E-state index in [1.54, 1.807) is 6.08 Å². The third kappa shape index (κ3) is 35.1. The van der Waals surface area contributed by atoms with Gasteiger partial charge < -0.3 is 14.4 Å². The normalized spacial score (nSPS) is 14.4. The van der Waals surface area contributed by atoms with Crippen LogP contribution in [0.5, 0.6) is 0 Å². The van der Waals surface area contributed by atoms with Gasteiger partial charge in [0.25, 0.3) is 0 Å². The molecule has 0 aliphatic heterocycles. The molecule has 0 amide bonds. The lowest BCUT2D eigenvalue weighted by atomic mass is 10.1. The first-order valence-corrected chi connectivity index (χ1v) is 20.3.